The van der Waals surface area contributed by atoms with Gasteiger partial charge in [0.1, 0.15) is 6.54 Å². The molecule has 2 N–H and O–H groups in total. The molecular weight excluding hydrogens is 348 g/mol. The fourth-order valence-corrected chi connectivity index (χ4v) is 2.23. The van der Waals surface area contributed by atoms with Crippen molar-refractivity contribution in [1.82, 2.24) is 19.9 Å². The highest BCUT2D eigenvalue weighted by Gasteiger charge is 2.17. The minimum Gasteiger partial charge on any atom is -0.396 e. The van der Waals surface area contributed by atoms with Crippen molar-refractivity contribution in [1.29, 1.82) is 0 Å². The molecule has 0 bridgehead atoms. The first-order valence-corrected chi connectivity index (χ1v) is 6.58. The number of nitrogen functional groups attached to an aromatic ring is 1. The predicted molar refractivity (Wildman–Crippen MR) is 73.1 cm³/mol. The maximum atomic E-state index is 13.5. The Morgan fingerprint density at radius 1 is 1.33 bits per heavy atom. The van der Waals surface area contributed by atoms with E-state index in [4.69, 9.17) is 10.3 Å². The molecule has 3 rings (SSSR count). The number of rotatable bonds is 3. The number of nitrogens with zero attached hydrogens (tertiary/aromatic N) is 4. The molecule has 0 amide bonds. The SMILES string of the molecule is Nc1cnn(Cc2nc(-c3ccc(F)c(F)c3Br)no2)c1. The van der Waals surface area contributed by atoms with Crippen LogP contribution in [0.15, 0.2) is 33.5 Å². The molecule has 21 heavy (non-hydrogen) atoms. The third-order valence-corrected chi connectivity index (χ3v) is 3.47. The number of anilines is 1. The highest BCUT2D eigenvalue weighted by atomic mass is 79.9. The van der Waals surface area contributed by atoms with E-state index in [2.05, 4.69) is 31.2 Å². The normalized spacial score (nSPS) is 11.0. The Morgan fingerprint density at radius 3 is 2.86 bits per heavy atom. The van der Waals surface area contributed by atoms with Gasteiger partial charge in [-0.05, 0) is 28.1 Å². The van der Waals surface area contributed by atoms with Crippen LogP contribution in [-0.4, -0.2) is 19.9 Å². The second kappa shape index (κ2) is 5.24. The Labute approximate surface area is 125 Å². The van der Waals surface area contributed by atoms with Crippen molar-refractivity contribution in [3.8, 4) is 11.4 Å². The number of nitrogens with two attached hydrogens (primary N) is 1. The standard InChI is InChI=1S/C12H8BrF2N5O/c13-10-7(1-2-8(14)11(10)15)12-18-9(21-19-12)5-20-4-6(16)3-17-20/h1-4H,5,16H2. The molecule has 0 fully saturated rings. The van der Waals surface area contributed by atoms with Crippen LogP contribution in [0.1, 0.15) is 5.89 Å². The fraction of sp³-hybridized carbons (Fsp3) is 0.0833. The highest BCUT2D eigenvalue weighted by Crippen LogP contribution is 2.29. The third kappa shape index (κ3) is 2.64. The van der Waals surface area contributed by atoms with Gasteiger partial charge >= 0.3 is 0 Å². The van der Waals surface area contributed by atoms with Crippen LogP contribution >= 0.6 is 15.9 Å². The molecule has 2 aromatic heterocycles. The minimum absolute atomic E-state index is 0.0572. The summed E-state index contributed by atoms with van der Waals surface area (Å²) in [6, 6.07) is 2.36. The zero-order valence-electron chi connectivity index (χ0n) is 10.4. The molecule has 0 radical (unpaired) electrons. The van der Waals surface area contributed by atoms with Crippen LogP contribution in [0.5, 0.6) is 0 Å². The minimum atomic E-state index is -1.00. The second-order valence-electron chi connectivity index (χ2n) is 4.21. The van der Waals surface area contributed by atoms with Crippen LogP contribution in [0, 0.1) is 11.6 Å². The first-order valence-electron chi connectivity index (χ1n) is 5.79. The van der Waals surface area contributed by atoms with Crippen molar-refractivity contribution >= 4 is 21.6 Å². The molecule has 1 aromatic carbocycles. The van der Waals surface area contributed by atoms with Gasteiger partial charge in [0, 0.05) is 11.8 Å². The van der Waals surface area contributed by atoms with Crippen molar-refractivity contribution in [2.45, 2.75) is 6.54 Å². The molecule has 0 aliphatic carbocycles. The van der Waals surface area contributed by atoms with E-state index < -0.39 is 11.6 Å². The molecule has 108 valence electrons. The van der Waals surface area contributed by atoms with Gasteiger partial charge in [0.25, 0.3) is 0 Å². The summed E-state index contributed by atoms with van der Waals surface area (Å²) >= 11 is 2.98. The summed E-state index contributed by atoms with van der Waals surface area (Å²) in [5.74, 6) is -1.54. The Balaban J connectivity index is 1.90. The summed E-state index contributed by atoms with van der Waals surface area (Å²) in [7, 11) is 0. The van der Waals surface area contributed by atoms with Gasteiger partial charge in [-0.15, -0.1) is 0 Å². The maximum absolute atomic E-state index is 13.5. The molecule has 0 atom stereocenters. The number of benzene rings is 1. The average Bonchev–Trinajstić information content (AvgIpc) is 3.06. The van der Waals surface area contributed by atoms with Gasteiger partial charge in [-0.1, -0.05) is 5.16 Å². The van der Waals surface area contributed by atoms with Crippen LogP contribution in [0.2, 0.25) is 0 Å². The molecule has 0 aliphatic heterocycles. The van der Waals surface area contributed by atoms with Crippen molar-refractivity contribution < 1.29 is 13.3 Å². The lowest BCUT2D eigenvalue weighted by molar-refractivity contribution is 0.366. The Kier molecular flexibility index (Phi) is 3.42. The van der Waals surface area contributed by atoms with Gasteiger partial charge in [0.05, 0.1) is 16.4 Å². The molecule has 3 aromatic rings. The van der Waals surface area contributed by atoms with Crippen LogP contribution in [0.3, 0.4) is 0 Å². The summed E-state index contributed by atoms with van der Waals surface area (Å²) in [5, 5.41) is 7.72. The van der Waals surface area contributed by atoms with Gasteiger partial charge in [0.2, 0.25) is 11.7 Å². The number of aromatic nitrogens is 4. The predicted octanol–water partition coefficient (Wildman–Crippen LogP) is 2.60. The van der Waals surface area contributed by atoms with Crippen LogP contribution in [0.25, 0.3) is 11.4 Å². The first kappa shape index (κ1) is 13.7. The van der Waals surface area contributed by atoms with E-state index in [1.54, 1.807) is 6.20 Å². The van der Waals surface area contributed by atoms with Crippen molar-refractivity contribution in [3.63, 3.8) is 0 Å². The van der Waals surface area contributed by atoms with Gasteiger partial charge < -0.3 is 10.3 Å². The van der Waals surface area contributed by atoms with Crippen LogP contribution in [-0.2, 0) is 6.54 Å². The van der Waals surface area contributed by atoms with Gasteiger partial charge in [-0.3, -0.25) is 4.68 Å². The van der Waals surface area contributed by atoms with Gasteiger partial charge in [0.15, 0.2) is 11.6 Å². The van der Waals surface area contributed by atoms with Crippen LogP contribution in [0.4, 0.5) is 14.5 Å². The van der Waals surface area contributed by atoms with E-state index in [9.17, 15) is 8.78 Å². The summed E-state index contributed by atoms with van der Waals surface area (Å²) < 4.78 is 33.1. The number of halogens is 3. The largest absolute Gasteiger partial charge is 0.396 e. The van der Waals surface area contributed by atoms with Crippen molar-refractivity contribution in [2.75, 3.05) is 5.73 Å². The van der Waals surface area contributed by atoms with Crippen molar-refractivity contribution in [2.24, 2.45) is 0 Å². The molecule has 2 heterocycles. The number of hydrogen-bond acceptors (Lipinski definition) is 5. The van der Waals surface area contributed by atoms with E-state index in [0.717, 1.165) is 6.07 Å². The lowest BCUT2D eigenvalue weighted by Crippen LogP contribution is -2.00. The molecule has 0 spiro atoms. The molecule has 6 nitrogen and oxygen atoms in total. The Morgan fingerprint density at radius 2 is 2.14 bits per heavy atom. The Hall–Kier alpha value is -2.29. The Bertz CT molecular complexity index is 801. The van der Waals surface area contributed by atoms with Gasteiger partial charge in [-0.2, -0.15) is 10.1 Å². The van der Waals surface area contributed by atoms with E-state index in [-0.39, 0.29) is 22.7 Å². The summed E-state index contributed by atoms with van der Waals surface area (Å²) in [5.41, 5.74) is 6.35. The molecular formula is C12H8BrF2N5O. The van der Waals surface area contributed by atoms with Crippen LogP contribution < -0.4 is 5.73 Å². The lowest BCUT2D eigenvalue weighted by Gasteiger charge is -2.01. The molecule has 0 saturated heterocycles. The monoisotopic (exact) mass is 355 g/mol. The van der Waals surface area contributed by atoms with Crippen molar-refractivity contribution in [3.05, 3.63) is 46.5 Å². The lowest BCUT2D eigenvalue weighted by atomic mass is 10.2. The fourth-order valence-electron chi connectivity index (χ4n) is 1.73. The first-order chi connectivity index (χ1) is 10.0. The zero-order valence-corrected chi connectivity index (χ0v) is 12.0. The highest BCUT2D eigenvalue weighted by molar-refractivity contribution is 9.10. The summed E-state index contributed by atoms with van der Waals surface area (Å²) in [4.78, 5) is 4.12. The smallest absolute Gasteiger partial charge is 0.248 e. The summed E-state index contributed by atoms with van der Waals surface area (Å²) in [6.07, 6.45) is 3.10. The maximum Gasteiger partial charge on any atom is 0.248 e. The molecule has 0 unspecified atom stereocenters. The van der Waals surface area contributed by atoms with E-state index in [1.165, 1.54) is 16.9 Å². The second-order valence-corrected chi connectivity index (χ2v) is 5.00. The van der Waals surface area contributed by atoms with Gasteiger partial charge in [-0.25, -0.2) is 8.78 Å². The van der Waals surface area contributed by atoms with E-state index in [1.807, 2.05) is 0 Å². The van der Waals surface area contributed by atoms with E-state index in [0.29, 0.717) is 11.3 Å². The number of hydrogen-bond donors (Lipinski definition) is 1. The quantitative estimate of drug-likeness (QED) is 0.730. The summed E-state index contributed by atoms with van der Waals surface area (Å²) in [6.45, 7) is 0.228. The zero-order chi connectivity index (χ0) is 15.0. The van der Waals surface area contributed by atoms with E-state index >= 15 is 0 Å². The average molecular weight is 356 g/mol. The third-order valence-electron chi connectivity index (χ3n) is 2.69. The molecule has 9 heteroatoms. The topological polar surface area (TPSA) is 82.8 Å². The molecule has 0 saturated carbocycles. The molecule has 0 aliphatic rings.